The molecule has 1 aromatic heterocycles. The number of anilines is 1. The number of rotatable bonds is 6. The van der Waals surface area contributed by atoms with Crippen LogP contribution in [0.1, 0.15) is 11.1 Å². The highest BCUT2D eigenvalue weighted by Crippen LogP contribution is 2.32. The van der Waals surface area contributed by atoms with Crippen molar-refractivity contribution >= 4 is 23.5 Å². The molecular weight excluding hydrogens is 414 g/mol. The van der Waals surface area contributed by atoms with E-state index in [0.717, 1.165) is 33.0 Å². The second-order valence-corrected chi connectivity index (χ2v) is 8.68. The van der Waals surface area contributed by atoms with Gasteiger partial charge in [-0.2, -0.15) is 0 Å². The summed E-state index contributed by atoms with van der Waals surface area (Å²) in [6, 6.07) is 32.1. The van der Waals surface area contributed by atoms with Crippen molar-refractivity contribution in [2.24, 2.45) is 0 Å². The van der Waals surface area contributed by atoms with Crippen LogP contribution in [0.4, 0.5) is 5.69 Å². The highest BCUT2D eigenvalue weighted by molar-refractivity contribution is 7.97. The Morgan fingerprint density at radius 2 is 1.56 bits per heavy atom. The first kappa shape index (κ1) is 20.5. The van der Waals surface area contributed by atoms with Gasteiger partial charge in [-0.3, -0.25) is 9.78 Å². The Labute approximate surface area is 192 Å². The van der Waals surface area contributed by atoms with Crippen molar-refractivity contribution in [1.82, 2.24) is 9.71 Å². The van der Waals surface area contributed by atoms with E-state index in [-0.39, 0.29) is 11.9 Å². The van der Waals surface area contributed by atoms with Gasteiger partial charge in [0.15, 0.2) is 0 Å². The summed E-state index contributed by atoms with van der Waals surface area (Å²) in [4.78, 5) is 21.1. The van der Waals surface area contributed by atoms with Crippen molar-refractivity contribution in [2.75, 3.05) is 4.90 Å². The van der Waals surface area contributed by atoms with Crippen molar-refractivity contribution in [3.8, 4) is 11.3 Å². The summed E-state index contributed by atoms with van der Waals surface area (Å²) in [5, 5.41) is 0. The molecule has 0 bridgehead atoms. The first-order valence-electron chi connectivity index (χ1n) is 10.6. The fourth-order valence-corrected chi connectivity index (χ4v) is 4.68. The average molecular weight is 438 g/mol. The smallest absolute Gasteiger partial charge is 0.245 e. The molecule has 1 amide bonds. The number of fused-ring (bicyclic) bond motifs is 1. The molecule has 1 atom stereocenters. The minimum absolute atomic E-state index is 0.0686. The number of carbonyl (C=O) groups is 1. The van der Waals surface area contributed by atoms with Gasteiger partial charge in [-0.1, -0.05) is 78.9 Å². The second kappa shape index (κ2) is 9.39. The van der Waals surface area contributed by atoms with Crippen molar-refractivity contribution in [2.45, 2.75) is 23.9 Å². The average Bonchev–Trinajstić information content (AvgIpc) is 2.86. The predicted molar refractivity (Wildman–Crippen MR) is 130 cm³/mol. The van der Waals surface area contributed by atoms with E-state index < -0.39 is 0 Å². The molecule has 1 N–H and O–H groups in total. The Morgan fingerprint density at radius 3 is 2.28 bits per heavy atom. The van der Waals surface area contributed by atoms with Crippen LogP contribution in [0.25, 0.3) is 11.3 Å². The SMILES string of the molecule is O=C1C(NSc2ccccc2)Cc2cc(-c3ccccc3)ncc2N1Cc1ccccc1. The van der Waals surface area contributed by atoms with Crippen molar-refractivity contribution in [3.05, 3.63) is 114 Å². The molecule has 0 saturated carbocycles. The van der Waals surface area contributed by atoms with Crippen LogP contribution in [0.2, 0.25) is 0 Å². The van der Waals surface area contributed by atoms with E-state index >= 15 is 0 Å². The molecule has 1 unspecified atom stereocenters. The summed E-state index contributed by atoms with van der Waals surface area (Å²) in [5.41, 5.74) is 5.11. The van der Waals surface area contributed by atoms with E-state index in [1.807, 2.05) is 77.8 Å². The molecule has 1 aliphatic rings. The zero-order chi connectivity index (χ0) is 21.8. The zero-order valence-electron chi connectivity index (χ0n) is 17.5. The Hall–Kier alpha value is -3.41. The number of amides is 1. The van der Waals surface area contributed by atoms with E-state index in [9.17, 15) is 4.79 Å². The summed E-state index contributed by atoms with van der Waals surface area (Å²) in [6.45, 7) is 0.521. The summed E-state index contributed by atoms with van der Waals surface area (Å²) >= 11 is 1.50. The lowest BCUT2D eigenvalue weighted by Crippen LogP contribution is -2.49. The first-order chi connectivity index (χ1) is 15.8. The van der Waals surface area contributed by atoms with Crippen LogP contribution >= 0.6 is 11.9 Å². The van der Waals surface area contributed by atoms with Crippen molar-refractivity contribution < 1.29 is 4.79 Å². The third kappa shape index (κ3) is 4.44. The molecule has 0 aliphatic carbocycles. The summed E-state index contributed by atoms with van der Waals surface area (Å²) in [6.07, 6.45) is 2.47. The van der Waals surface area contributed by atoms with E-state index in [1.54, 1.807) is 0 Å². The summed E-state index contributed by atoms with van der Waals surface area (Å²) < 4.78 is 3.41. The molecule has 4 aromatic rings. The van der Waals surface area contributed by atoms with Crippen LogP contribution in [0.5, 0.6) is 0 Å². The number of nitrogens with zero attached hydrogens (tertiary/aromatic N) is 2. The van der Waals surface area contributed by atoms with Crippen LogP contribution in [0.15, 0.2) is 108 Å². The standard InChI is InChI=1S/C27H23N3OS/c31-27-25(29-32-23-14-8-3-9-15-23)17-22-16-24(21-12-6-2-7-13-21)28-18-26(22)30(27)19-20-10-4-1-5-11-20/h1-16,18,25,29H,17,19H2. The normalized spacial score (nSPS) is 15.4. The minimum atomic E-state index is -0.317. The maximum absolute atomic E-state index is 13.5. The summed E-state index contributed by atoms with van der Waals surface area (Å²) in [5.74, 6) is 0.0686. The molecule has 2 heterocycles. The van der Waals surface area contributed by atoms with Gasteiger partial charge in [-0.15, -0.1) is 0 Å². The lowest BCUT2D eigenvalue weighted by Gasteiger charge is -2.34. The van der Waals surface area contributed by atoms with E-state index in [1.165, 1.54) is 11.9 Å². The first-order valence-corrected chi connectivity index (χ1v) is 11.5. The third-order valence-corrected chi connectivity index (χ3v) is 6.47. The van der Waals surface area contributed by atoms with Gasteiger partial charge < -0.3 is 4.90 Å². The number of hydrogen-bond acceptors (Lipinski definition) is 4. The van der Waals surface area contributed by atoms with Gasteiger partial charge >= 0.3 is 0 Å². The largest absolute Gasteiger partial charge is 0.305 e. The number of nitrogens with one attached hydrogen (secondary N) is 1. The van der Waals surface area contributed by atoms with Crippen molar-refractivity contribution in [1.29, 1.82) is 0 Å². The lowest BCUT2D eigenvalue weighted by atomic mass is 9.96. The molecule has 5 rings (SSSR count). The number of carbonyl (C=O) groups excluding carboxylic acids is 1. The van der Waals surface area contributed by atoms with Gasteiger partial charge in [-0.05, 0) is 47.7 Å². The van der Waals surface area contributed by atoms with E-state index in [0.29, 0.717) is 13.0 Å². The molecule has 4 nitrogen and oxygen atoms in total. The second-order valence-electron chi connectivity index (χ2n) is 7.76. The van der Waals surface area contributed by atoms with Crippen LogP contribution in [-0.4, -0.2) is 16.9 Å². The van der Waals surface area contributed by atoms with Gasteiger partial charge in [0.05, 0.1) is 24.1 Å². The molecule has 0 radical (unpaired) electrons. The highest BCUT2D eigenvalue weighted by atomic mass is 32.2. The van der Waals surface area contributed by atoms with Gasteiger partial charge in [0.2, 0.25) is 5.91 Å². The molecule has 0 fully saturated rings. The molecule has 0 saturated heterocycles. The zero-order valence-corrected chi connectivity index (χ0v) is 18.3. The Balaban J connectivity index is 1.47. The molecule has 32 heavy (non-hydrogen) atoms. The Bertz CT molecular complexity index is 1200. The molecule has 0 spiro atoms. The van der Waals surface area contributed by atoms with Crippen LogP contribution in [0, 0.1) is 0 Å². The summed E-state index contributed by atoms with van der Waals surface area (Å²) in [7, 11) is 0. The fourth-order valence-electron chi connectivity index (χ4n) is 3.93. The maximum Gasteiger partial charge on any atom is 0.245 e. The Kier molecular flexibility index (Phi) is 6.01. The lowest BCUT2D eigenvalue weighted by molar-refractivity contribution is -0.120. The van der Waals surface area contributed by atoms with Crippen LogP contribution in [-0.2, 0) is 17.8 Å². The van der Waals surface area contributed by atoms with E-state index in [4.69, 9.17) is 0 Å². The van der Waals surface area contributed by atoms with Crippen LogP contribution < -0.4 is 9.62 Å². The number of pyridine rings is 1. The number of aromatic nitrogens is 1. The minimum Gasteiger partial charge on any atom is -0.305 e. The Morgan fingerprint density at radius 1 is 0.906 bits per heavy atom. The van der Waals surface area contributed by atoms with Crippen molar-refractivity contribution in [3.63, 3.8) is 0 Å². The molecular formula is C27H23N3OS. The van der Waals surface area contributed by atoms with Gasteiger partial charge in [0.25, 0.3) is 0 Å². The monoisotopic (exact) mass is 437 g/mol. The number of hydrogen-bond donors (Lipinski definition) is 1. The van der Waals surface area contributed by atoms with Gasteiger partial charge in [-0.25, -0.2) is 4.72 Å². The molecule has 1 aliphatic heterocycles. The van der Waals surface area contributed by atoms with Gasteiger partial charge in [0, 0.05) is 10.5 Å². The number of benzene rings is 3. The molecule has 3 aromatic carbocycles. The predicted octanol–water partition coefficient (Wildman–Crippen LogP) is 5.50. The third-order valence-electron chi connectivity index (χ3n) is 5.56. The maximum atomic E-state index is 13.5. The van der Waals surface area contributed by atoms with Gasteiger partial charge in [0.1, 0.15) is 6.04 Å². The quantitative estimate of drug-likeness (QED) is 0.405. The molecule has 158 valence electrons. The van der Waals surface area contributed by atoms with Crippen LogP contribution in [0.3, 0.4) is 0 Å². The van der Waals surface area contributed by atoms with E-state index in [2.05, 4.69) is 40.0 Å². The fraction of sp³-hybridized carbons (Fsp3) is 0.111. The topological polar surface area (TPSA) is 45.2 Å². The highest BCUT2D eigenvalue weighted by Gasteiger charge is 2.33. The molecule has 5 heteroatoms.